The lowest BCUT2D eigenvalue weighted by Crippen LogP contribution is -2.10. The van der Waals surface area contributed by atoms with Crippen molar-refractivity contribution in [3.8, 4) is 0 Å². The lowest BCUT2D eigenvalue weighted by molar-refractivity contribution is -0.143. The minimum Gasteiger partial charge on any atom is -0.460 e. The van der Waals surface area contributed by atoms with Gasteiger partial charge >= 0.3 is 11.9 Å². The van der Waals surface area contributed by atoms with E-state index >= 15 is 0 Å². The highest BCUT2D eigenvalue weighted by Crippen LogP contribution is 1.91. The van der Waals surface area contributed by atoms with Gasteiger partial charge in [-0.1, -0.05) is 0 Å². The van der Waals surface area contributed by atoms with Crippen LogP contribution in [0.1, 0.15) is 13.8 Å². The first-order chi connectivity index (χ1) is 6.56. The summed E-state index contributed by atoms with van der Waals surface area (Å²) in [6.07, 6.45) is 1.72. The first kappa shape index (κ1) is 12.6. The van der Waals surface area contributed by atoms with E-state index in [0.29, 0.717) is 0 Å². The van der Waals surface area contributed by atoms with Crippen LogP contribution in [0.4, 0.5) is 0 Å². The molecular weight excluding hydrogens is 188 g/mol. The van der Waals surface area contributed by atoms with E-state index < -0.39 is 11.9 Å². The third kappa shape index (κ3) is 7.30. The molecule has 80 valence electrons. The molecule has 0 aromatic carbocycles. The average molecular weight is 202 g/mol. The summed E-state index contributed by atoms with van der Waals surface area (Å²) in [7, 11) is 0. The summed E-state index contributed by atoms with van der Waals surface area (Å²) in [5.74, 6) is -1.28. The molecule has 0 aliphatic carbocycles. The van der Waals surface area contributed by atoms with Crippen molar-refractivity contribution < 1.29 is 24.2 Å². The van der Waals surface area contributed by atoms with Gasteiger partial charge in [-0.15, -0.1) is 0 Å². The molecule has 0 rings (SSSR count). The maximum absolute atomic E-state index is 10.9. The zero-order chi connectivity index (χ0) is 11.0. The van der Waals surface area contributed by atoms with Gasteiger partial charge in [0.25, 0.3) is 0 Å². The molecule has 0 atom stereocenters. The van der Waals surface area contributed by atoms with E-state index in [9.17, 15) is 9.59 Å². The summed E-state index contributed by atoms with van der Waals surface area (Å²) in [5, 5.41) is 8.32. The Morgan fingerprint density at radius 3 is 2.36 bits per heavy atom. The van der Waals surface area contributed by atoms with E-state index in [1.807, 2.05) is 0 Å². The van der Waals surface area contributed by atoms with E-state index in [1.165, 1.54) is 0 Å². The van der Waals surface area contributed by atoms with Crippen LogP contribution < -0.4 is 0 Å². The molecule has 0 aliphatic rings. The number of carbonyl (C=O) groups is 2. The molecule has 5 heteroatoms. The Kier molecular flexibility index (Phi) is 6.39. The third-order valence-electron chi connectivity index (χ3n) is 1.04. The van der Waals surface area contributed by atoms with E-state index in [2.05, 4.69) is 4.74 Å². The lowest BCUT2D eigenvalue weighted by Gasteiger charge is -2.03. The third-order valence-corrected chi connectivity index (χ3v) is 1.04. The van der Waals surface area contributed by atoms with E-state index in [0.717, 1.165) is 12.2 Å². The molecule has 0 heterocycles. The molecule has 0 spiro atoms. The zero-order valence-electron chi connectivity index (χ0n) is 8.23. The smallest absolute Gasteiger partial charge is 0.331 e. The Morgan fingerprint density at radius 1 is 1.29 bits per heavy atom. The van der Waals surface area contributed by atoms with E-state index in [1.54, 1.807) is 13.8 Å². The predicted molar refractivity (Wildman–Crippen MR) is 48.4 cm³/mol. The van der Waals surface area contributed by atoms with Crippen molar-refractivity contribution in [3.63, 3.8) is 0 Å². The number of ether oxygens (including phenoxy) is 2. The Morgan fingerprint density at radius 2 is 1.86 bits per heavy atom. The molecule has 0 saturated carbocycles. The molecule has 0 aromatic rings. The summed E-state index contributed by atoms with van der Waals surface area (Å²) < 4.78 is 9.19. The molecule has 1 N–H and O–H groups in total. The number of aliphatic hydroxyl groups excluding tert-OH is 1. The van der Waals surface area contributed by atoms with Gasteiger partial charge in [-0.2, -0.15) is 0 Å². The molecule has 0 radical (unpaired) electrons. The van der Waals surface area contributed by atoms with Gasteiger partial charge in [0.05, 0.1) is 12.7 Å². The van der Waals surface area contributed by atoms with Gasteiger partial charge in [0.15, 0.2) is 0 Å². The van der Waals surface area contributed by atoms with Crippen molar-refractivity contribution in [2.45, 2.75) is 20.0 Å². The fraction of sp³-hybridized carbons (Fsp3) is 0.556. The average Bonchev–Trinajstić information content (AvgIpc) is 2.10. The molecule has 5 nitrogen and oxygen atoms in total. The Labute approximate surface area is 82.3 Å². The van der Waals surface area contributed by atoms with Crippen LogP contribution in [0.2, 0.25) is 0 Å². The van der Waals surface area contributed by atoms with Gasteiger partial charge < -0.3 is 14.6 Å². The van der Waals surface area contributed by atoms with Gasteiger partial charge in [0, 0.05) is 12.2 Å². The number of hydrogen-bond acceptors (Lipinski definition) is 5. The monoisotopic (exact) mass is 202 g/mol. The van der Waals surface area contributed by atoms with E-state index in [4.69, 9.17) is 9.84 Å². The molecule has 0 saturated heterocycles. The van der Waals surface area contributed by atoms with Crippen molar-refractivity contribution >= 4 is 11.9 Å². The van der Waals surface area contributed by atoms with Gasteiger partial charge in [-0.3, -0.25) is 0 Å². The first-order valence-corrected chi connectivity index (χ1v) is 4.22. The SMILES string of the molecule is CC(C)OC(=O)/C=C\C(=O)OCCO. The molecule has 14 heavy (non-hydrogen) atoms. The topological polar surface area (TPSA) is 72.8 Å². The normalized spacial score (nSPS) is 10.6. The number of carbonyl (C=O) groups excluding carboxylic acids is 2. The van der Waals surface area contributed by atoms with Crippen LogP contribution in [-0.4, -0.2) is 36.4 Å². The molecule has 0 amide bonds. The standard InChI is InChI=1S/C9H14O5/c1-7(2)14-9(12)4-3-8(11)13-6-5-10/h3-4,7,10H,5-6H2,1-2H3/b4-3-. The fourth-order valence-corrected chi connectivity index (χ4v) is 0.602. The highest BCUT2D eigenvalue weighted by atomic mass is 16.5. The molecular formula is C9H14O5. The Bertz CT molecular complexity index is 219. The minimum absolute atomic E-state index is 0.0810. The largest absolute Gasteiger partial charge is 0.460 e. The second-order valence-electron chi connectivity index (χ2n) is 2.71. The highest BCUT2D eigenvalue weighted by molar-refractivity contribution is 5.91. The summed E-state index contributed by atoms with van der Waals surface area (Å²) in [6.45, 7) is 3.09. The van der Waals surface area contributed by atoms with Crippen LogP contribution in [0.5, 0.6) is 0 Å². The second-order valence-corrected chi connectivity index (χ2v) is 2.71. The van der Waals surface area contributed by atoms with Crippen LogP contribution >= 0.6 is 0 Å². The highest BCUT2D eigenvalue weighted by Gasteiger charge is 2.02. The van der Waals surface area contributed by atoms with Crippen molar-refractivity contribution in [1.29, 1.82) is 0 Å². The summed E-state index contributed by atoms with van der Waals surface area (Å²) in [4.78, 5) is 21.6. The van der Waals surface area contributed by atoms with Crippen LogP contribution in [-0.2, 0) is 19.1 Å². The molecule has 0 aromatic heterocycles. The number of hydrogen-bond donors (Lipinski definition) is 1. The van der Waals surface area contributed by atoms with E-state index in [-0.39, 0.29) is 19.3 Å². The van der Waals surface area contributed by atoms with Gasteiger partial charge in [-0.05, 0) is 13.8 Å². The van der Waals surface area contributed by atoms with Gasteiger partial charge in [0.1, 0.15) is 6.61 Å². The Hall–Kier alpha value is -1.36. The number of aliphatic hydroxyl groups is 1. The minimum atomic E-state index is -0.681. The molecule has 0 aliphatic heterocycles. The second kappa shape index (κ2) is 7.08. The molecule has 0 bridgehead atoms. The predicted octanol–water partition coefficient (Wildman–Crippen LogP) is 0.0297. The van der Waals surface area contributed by atoms with Gasteiger partial charge in [-0.25, -0.2) is 9.59 Å². The fourth-order valence-electron chi connectivity index (χ4n) is 0.602. The van der Waals surface area contributed by atoms with Crippen molar-refractivity contribution in [1.82, 2.24) is 0 Å². The first-order valence-electron chi connectivity index (χ1n) is 4.22. The molecule has 0 fully saturated rings. The zero-order valence-corrected chi connectivity index (χ0v) is 8.23. The van der Waals surface area contributed by atoms with Crippen LogP contribution in [0.3, 0.4) is 0 Å². The summed E-state index contributed by atoms with van der Waals surface area (Å²) >= 11 is 0. The van der Waals surface area contributed by atoms with Crippen molar-refractivity contribution in [2.24, 2.45) is 0 Å². The van der Waals surface area contributed by atoms with Crippen LogP contribution in [0.25, 0.3) is 0 Å². The maximum atomic E-state index is 10.9. The quantitative estimate of drug-likeness (QED) is 0.503. The Balaban J connectivity index is 3.79. The maximum Gasteiger partial charge on any atom is 0.331 e. The summed E-state index contributed by atoms with van der Waals surface area (Å²) in [6, 6.07) is 0. The summed E-state index contributed by atoms with van der Waals surface area (Å²) in [5.41, 5.74) is 0. The van der Waals surface area contributed by atoms with Gasteiger partial charge in [0.2, 0.25) is 0 Å². The van der Waals surface area contributed by atoms with Crippen LogP contribution in [0, 0.1) is 0 Å². The lowest BCUT2D eigenvalue weighted by atomic mass is 10.4. The number of esters is 2. The number of rotatable bonds is 5. The molecule has 0 unspecified atom stereocenters. The van der Waals surface area contributed by atoms with Crippen LogP contribution in [0.15, 0.2) is 12.2 Å². The van der Waals surface area contributed by atoms with Crippen molar-refractivity contribution in [3.05, 3.63) is 12.2 Å². The van der Waals surface area contributed by atoms with Crippen molar-refractivity contribution in [2.75, 3.05) is 13.2 Å².